The van der Waals surface area contributed by atoms with Crippen LogP contribution in [0.1, 0.15) is 17.4 Å². The van der Waals surface area contributed by atoms with Crippen LogP contribution in [0.15, 0.2) is 30.3 Å². The molecule has 0 amide bonds. The van der Waals surface area contributed by atoms with Gasteiger partial charge in [-0.2, -0.15) is 0 Å². The van der Waals surface area contributed by atoms with Crippen LogP contribution < -0.4 is 0 Å². The highest BCUT2D eigenvalue weighted by Crippen LogP contribution is 2.28. The van der Waals surface area contributed by atoms with Crippen LogP contribution in [0.25, 0.3) is 11.4 Å². The lowest BCUT2D eigenvalue weighted by atomic mass is 10.1. The Morgan fingerprint density at radius 2 is 1.75 bits per heavy atom. The third-order valence-corrected chi connectivity index (χ3v) is 4.85. The summed E-state index contributed by atoms with van der Waals surface area (Å²) < 4.78 is 1.98. The van der Waals surface area contributed by atoms with Crippen LogP contribution in [0.4, 0.5) is 0 Å². The lowest BCUT2D eigenvalue weighted by molar-refractivity contribution is -0.144. The third kappa shape index (κ3) is 3.07. The molecule has 1 aromatic carbocycles. The highest BCUT2D eigenvalue weighted by molar-refractivity contribution is 5.76. The van der Waals surface area contributed by atoms with Gasteiger partial charge in [-0.15, -0.1) is 0 Å². The number of rotatable bonds is 4. The van der Waals surface area contributed by atoms with E-state index in [1.807, 2.05) is 53.8 Å². The number of hydrogen-bond donors (Lipinski definition) is 1. The topological polar surface area (TPSA) is 61.6 Å². The van der Waals surface area contributed by atoms with E-state index in [1.165, 1.54) is 0 Å². The number of aromatic nitrogens is 2. The maximum atomic E-state index is 12.0. The molecule has 1 unspecified atom stereocenters. The van der Waals surface area contributed by atoms with Crippen LogP contribution >= 0.6 is 0 Å². The number of likely N-dealkylation sites (N-methyl/N-ethyl adjacent to an activating group) is 1. The lowest BCUT2D eigenvalue weighted by Crippen LogP contribution is -2.48. The largest absolute Gasteiger partial charge is 0.480 e. The van der Waals surface area contributed by atoms with Crippen LogP contribution in [0, 0.1) is 6.92 Å². The number of nitrogens with zero attached hydrogens (tertiary/aromatic N) is 4. The van der Waals surface area contributed by atoms with Crippen LogP contribution in [-0.4, -0.2) is 63.7 Å². The molecule has 6 heteroatoms. The molecule has 1 aliphatic rings. The summed E-state index contributed by atoms with van der Waals surface area (Å²) in [7, 11) is 4.00. The van der Waals surface area contributed by atoms with Crippen LogP contribution in [0.2, 0.25) is 0 Å². The Labute approximate surface area is 142 Å². The average molecular weight is 328 g/mol. The van der Waals surface area contributed by atoms with Crippen molar-refractivity contribution in [3.05, 3.63) is 41.7 Å². The van der Waals surface area contributed by atoms with Gasteiger partial charge in [-0.25, -0.2) is 4.98 Å². The van der Waals surface area contributed by atoms with Gasteiger partial charge in [0.2, 0.25) is 0 Å². The first-order valence-electron chi connectivity index (χ1n) is 8.23. The number of carboxylic acid groups (broad SMARTS) is 1. The molecule has 1 saturated heterocycles. The van der Waals surface area contributed by atoms with E-state index >= 15 is 0 Å². The summed E-state index contributed by atoms with van der Waals surface area (Å²) in [6.07, 6.45) is 0. The van der Waals surface area contributed by atoms with E-state index in [0.29, 0.717) is 5.69 Å². The smallest absolute Gasteiger partial charge is 0.327 e. The molecular formula is C18H24N4O2. The molecule has 1 aliphatic heterocycles. The van der Waals surface area contributed by atoms with E-state index in [-0.39, 0.29) is 0 Å². The van der Waals surface area contributed by atoms with E-state index in [4.69, 9.17) is 4.98 Å². The van der Waals surface area contributed by atoms with Crippen molar-refractivity contribution in [2.24, 2.45) is 7.05 Å². The molecule has 0 spiro atoms. The standard InChI is InChI=1S/C18H24N4O2/c1-13-15(16(18(23)24)22-11-9-20(2)10-12-22)19-17(21(13)3)14-7-5-4-6-8-14/h4-8,16H,9-12H2,1-3H3,(H,23,24). The fourth-order valence-corrected chi connectivity index (χ4v) is 3.23. The lowest BCUT2D eigenvalue weighted by Gasteiger charge is -2.35. The van der Waals surface area contributed by atoms with Gasteiger partial charge in [-0.1, -0.05) is 30.3 Å². The summed E-state index contributed by atoms with van der Waals surface area (Å²) in [6, 6.07) is 9.20. The van der Waals surface area contributed by atoms with Gasteiger partial charge in [0.05, 0.1) is 5.69 Å². The van der Waals surface area contributed by atoms with Gasteiger partial charge >= 0.3 is 5.97 Å². The second-order valence-electron chi connectivity index (χ2n) is 6.41. The summed E-state index contributed by atoms with van der Waals surface area (Å²) in [5.41, 5.74) is 2.55. The van der Waals surface area contributed by atoms with Gasteiger partial charge in [-0.3, -0.25) is 9.69 Å². The van der Waals surface area contributed by atoms with Crippen molar-refractivity contribution >= 4 is 5.97 Å². The van der Waals surface area contributed by atoms with Crippen molar-refractivity contribution in [3.63, 3.8) is 0 Å². The minimum Gasteiger partial charge on any atom is -0.480 e. The van der Waals surface area contributed by atoms with E-state index in [2.05, 4.69) is 11.9 Å². The Balaban J connectivity index is 1.99. The zero-order chi connectivity index (χ0) is 17.3. The fraction of sp³-hybridized carbons (Fsp3) is 0.444. The summed E-state index contributed by atoms with van der Waals surface area (Å²) >= 11 is 0. The second-order valence-corrected chi connectivity index (χ2v) is 6.41. The van der Waals surface area contributed by atoms with E-state index in [1.54, 1.807) is 0 Å². The SMILES string of the molecule is Cc1c(C(C(=O)O)N2CCN(C)CC2)nc(-c2ccccc2)n1C. The Morgan fingerprint density at radius 1 is 1.12 bits per heavy atom. The second kappa shape index (κ2) is 6.75. The summed E-state index contributed by atoms with van der Waals surface area (Å²) in [5.74, 6) is -0.0242. The Kier molecular flexibility index (Phi) is 4.69. The van der Waals surface area contributed by atoms with Crippen molar-refractivity contribution < 1.29 is 9.90 Å². The summed E-state index contributed by atoms with van der Waals surface area (Å²) in [6.45, 7) is 5.18. The molecule has 0 radical (unpaired) electrons. The van der Waals surface area contributed by atoms with Gasteiger partial charge in [0.25, 0.3) is 0 Å². The van der Waals surface area contributed by atoms with Gasteiger partial charge in [0.1, 0.15) is 5.82 Å². The molecule has 1 fully saturated rings. The highest BCUT2D eigenvalue weighted by atomic mass is 16.4. The van der Waals surface area contributed by atoms with E-state index in [0.717, 1.165) is 43.3 Å². The van der Waals surface area contributed by atoms with Crippen molar-refractivity contribution in [3.8, 4) is 11.4 Å². The first-order valence-corrected chi connectivity index (χ1v) is 8.23. The monoisotopic (exact) mass is 328 g/mol. The first kappa shape index (κ1) is 16.7. The van der Waals surface area contributed by atoms with Gasteiger partial charge in [-0.05, 0) is 14.0 Å². The first-order chi connectivity index (χ1) is 11.5. The number of imidazole rings is 1. The molecule has 0 aliphatic carbocycles. The zero-order valence-electron chi connectivity index (χ0n) is 14.4. The minimum absolute atomic E-state index is 0.647. The highest BCUT2D eigenvalue weighted by Gasteiger charge is 2.33. The molecular weight excluding hydrogens is 304 g/mol. The summed E-state index contributed by atoms with van der Waals surface area (Å²) in [4.78, 5) is 20.9. The normalized spacial score (nSPS) is 17.8. The minimum atomic E-state index is -0.833. The number of aliphatic carboxylic acids is 1. The number of carbonyl (C=O) groups is 1. The predicted molar refractivity (Wildman–Crippen MR) is 92.8 cm³/mol. The van der Waals surface area contributed by atoms with Crippen molar-refractivity contribution in [2.75, 3.05) is 33.2 Å². The maximum Gasteiger partial charge on any atom is 0.327 e. The molecule has 1 N–H and O–H groups in total. The van der Waals surface area contributed by atoms with Crippen LogP contribution in [0.3, 0.4) is 0 Å². The molecule has 0 bridgehead atoms. The molecule has 6 nitrogen and oxygen atoms in total. The molecule has 2 heterocycles. The van der Waals surface area contributed by atoms with Crippen molar-refractivity contribution in [2.45, 2.75) is 13.0 Å². The number of piperazine rings is 1. The number of benzene rings is 1. The third-order valence-electron chi connectivity index (χ3n) is 4.85. The van der Waals surface area contributed by atoms with Crippen molar-refractivity contribution in [1.29, 1.82) is 0 Å². The number of hydrogen-bond acceptors (Lipinski definition) is 4. The van der Waals surface area contributed by atoms with Gasteiger partial charge in [0.15, 0.2) is 6.04 Å². The van der Waals surface area contributed by atoms with E-state index < -0.39 is 12.0 Å². The Bertz CT molecular complexity index is 718. The molecule has 3 rings (SSSR count). The van der Waals surface area contributed by atoms with E-state index in [9.17, 15) is 9.90 Å². The zero-order valence-corrected chi connectivity index (χ0v) is 14.4. The fourth-order valence-electron chi connectivity index (χ4n) is 3.23. The molecule has 24 heavy (non-hydrogen) atoms. The molecule has 1 aromatic heterocycles. The Hall–Kier alpha value is -2.18. The predicted octanol–water partition coefficient (Wildman–Crippen LogP) is 1.77. The molecule has 128 valence electrons. The van der Waals surface area contributed by atoms with Crippen LogP contribution in [-0.2, 0) is 11.8 Å². The van der Waals surface area contributed by atoms with Crippen molar-refractivity contribution in [1.82, 2.24) is 19.4 Å². The van der Waals surface area contributed by atoms with Gasteiger partial charge in [0, 0.05) is 44.5 Å². The molecule has 0 saturated carbocycles. The quantitative estimate of drug-likeness (QED) is 0.927. The van der Waals surface area contributed by atoms with Crippen LogP contribution in [0.5, 0.6) is 0 Å². The maximum absolute atomic E-state index is 12.0. The molecule has 1 atom stereocenters. The van der Waals surface area contributed by atoms with Gasteiger partial charge < -0.3 is 14.6 Å². The Morgan fingerprint density at radius 3 is 2.33 bits per heavy atom. The molecule has 2 aromatic rings. The summed E-state index contributed by atoms with van der Waals surface area (Å²) in [5, 5.41) is 9.84. The number of carboxylic acids is 1. The average Bonchev–Trinajstić information content (AvgIpc) is 2.86.